The fourth-order valence-electron chi connectivity index (χ4n) is 5.49. The van der Waals surface area contributed by atoms with Crippen LogP contribution >= 0.6 is 0 Å². The molecular weight excluding hydrogens is 418 g/mol. The molecule has 0 spiro atoms. The second kappa shape index (κ2) is 8.17. The summed E-state index contributed by atoms with van der Waals surface area (Å²) in [6.07, 6.45) is 1.30. The van der Waals surface area contributed by atoms with Gasteiger partial charge in [0, 0.05) is 18.2 Å². The molecule has 2 bridgehead atoms. The van der Waals surface area contributed by atoms with Crippen molar-refractivity contribution in [1.82, 2.24) is 15.4 Å². The zero-order valence-electron chi connectivity index (χ0n) is 19.5. The van der Waals surface area contributed by atoms with Gasteiger partial charge in [0.15, 0.2) is 12.0 Å². The van der Waals surface area contributed by atoms with E-state index >= 15 is 0 Å². The number of hydrogen-bond acceptors (Lipinski definition) is 7. The zero-order chi connectivity index (χ0) is 23.4. The lowest BCUT2D eigenvalue weighted by Crippen LogP contribution is -2.21. The highest BCUT2D eigenvalue weighted by atomic mass is 16.5. The molecule has 3 aromatic rings. The SMILES string of the molecule is CCNC(O)c1noc(-c2cc(C(C)C)c(O)cc2O)c1-c1ccc2c(c1)C1CCC2N1C. The van der Waals surface area contributed by atoms with Crippen molar-refractivity contribution in [1.29, 1.82) is 0 Å². The van der Waals surface area contributed by atoms with Gasteiger partial charge in [-0.3, -0.25) is 10.2 Å². The van der Waals surface area contributed by atoms with Crippen LogP contribution in [0.4, 0.5) is 0 Å². The van der Waals surface area contributed by atoms with E-state index in [2.05, 4.69) is 34.6 Å². The average molecular weight is 450 g/mol. The van der Waals surface area contributed by atoms with E-state index in [1.165, 1.54) is 23.6 Å². The van der Waals surface area contributed by atoms with Gasteiger partial charge >= 0.3 is 0 Å². The number of aliphatic hydroxyl groups excluding tert-OH is 1. The molecule has 7 heteroatoms. The molecule has 4 N–H and O–H groups in total. The highest BCUT2D eigenvalue weighted by Gasteiger charge is 2.41. The van der Waals surface area contributed by atoms with E-state index in [1.54, 1.807) is 6.07 Å². The van der Waals surface area contributed by atoms with E-state index in [4.69, 9.17) is 4.52 Å². The number of aromatic nitrogens is 1. The highest BCUT2D eigenvalue weighted by Crippen LogP contribution is 2.53. The Morgan fingerprint density at radius 2 is 1.82 bits per heavy atom. The number of nitrogens with zero attached hydrogens (tertiary/aromatic N) is 2. The number of hydrogen-bond donors (Lipinski definition) is 4. The summed E-state index contributed by atoms with van der Waals surface area (Å²) in [6.45, 7) is 6.42. The van der Waals surface area contributed by atoms with Crippen molar-refractivity contribution in [2.45, 2.75) is 57.8 Å². The Labute approximate surface area is 193 Å². The summed E-state index contributed by atoms with van der Waals surface area (Å²) in [4.78, 5) is 2.43. The molecule has 174 valence electrons. The molecule has 5 rings (SSSR count). The number of benzene rings is 2. The fourth-order valence-corrected chi connectivity index (χ4v) is 5.49. The molecule has 2 aromatic carbocycles. The number of rotatable bonds is 6. The van der Waals surface area contributed by atoms with E-state index in [1.807, 2.05) is 26.8 Å². The van der Waals surface area contributed by atoms with Crippen LogP contribution < -0.4 is 5.32 Å². The summed E-state index contributed by atoms with van der Waals surface area (Å²) >= 11 is 0. The van der Waals surface area contributed by atoms with Gasteiger partial charge in [0.1, 0.15) is 17.2 Å². The molecular formula is C26H31N3O4. The van der Waals surface area contributed by atoms with Gasteiger partial charge in [0.25, 0.3) is 0 Å². The molecule has 1 aromatic heterocycles. The Morgan fingerprint density at radius 1 is 1.09 bits per heavy atom. The normalized spacial score (nSPS) is 20.5. The minimum absolute atomic E-state index is 0.0387. The van der Waals surface area contributed by atoms with E-state index in [0.29, 0.717) is 46.8 Å². The van der Waals surface area contributed by atoms with Gasteiger partial charge in [-0.1, -0.05) is 38.1 Å². The van der Waals surface area contributed by atoms with Crippen LogP contribution in [0.3, 0.4) is 0 Å². The number of fused-ring (bicyclic) bond motifs is 5. The van der Waals surface area contributed by atoms with Crippen molar-refractivity contribution >= 4 is 0 Å². The van der Waals surface area contributed by atoms with Crippen LogP contribution in [-0.2, 0) is 0 Å². The Hall–Kier alpha value is -2.87. The molecule has 2 aliphatic heterocycles. The molecule has 0 aliphatic carbocycles. The summed E-state index contributed by atoms with van der Waals surface area (Å²) in [5.74, 6) is 0.363. The lowest BCUT2D eigenvalue weighted by Gasteiger charge is -2.17. The van der Waals surface area contributed by atoms with Crippen molar-refractivity contribution in [2.24, 2.45) is 0 Å². The van der Waals surface area contributed by atoms with Crippen LogP contribution in [0, 0.1) is 0 Å². The van der Waals surface area contributed by atoms with E-state index in [-0.39, 0.29) is 17.4 Å². The zero-order valence-corrected chi connectivity index (χ0v) is 19.5. The van der Waals surface area contributed by atoms with Crippen LogP contribution in [-0.4, -0.2) is 39.0 Å². The lowest BCUT2D eigenvalue weighted by atomic mass is 9.88. The Kier molecular flexibility index (Phi) is 5.43. The molecule has 2 aliphatic rings. The smallest absolute Gasteiger partial charge is 0.178 e. The van der Waals surface area contributed by atoms with Crippen molar-refractivity contribution < 1.29 is 19.8 Å². The van der Waals surface area contributed by atoms with Crippen molar-refractivity contribution in [3.05, 3.63) is 52.7 Å². The largest absolute Gasteiger partial charge is 0.508 e. The maximum atomic E-state index is 10.8. The fraction of sp³-hybridized carbons (Fsp3) is 0.423. The van der Waals surface area contributed by atoms with Gasteiger partial charge in [-0.25, -0.2) is 0 Å². The predicted octanol–water partition coefficient (Wildman–Crippen LogP) is 4.97. The van der Waals surface area contributed by atoms with Crippen LogP contribution in [0.1, 0.15) is 80.2 Å². The minimum atomic E-state index is -1.02. The van der Waals surface area contributed by atoms with Gasteiger partial charge in [-0.05, 0) is 66.7 Å². The molecule has 3 heterocycles. The number of phenols is 2. The summed E-state index contributed by atoms with van der Waals surface area (Å²) in [7, 11) is 2.18. The molecule has 1 saturated heterocycles. The van der Waals surface area contributed by atoms with E-state index < -0.39 is 6.23 Å². The molecule has 0 saturated carbocycles. The molecule has 0 radical (unpaired) electrons. The quantitative estimate of drug-likeness (QED) is 0.394. The number of aliphatic hydroxyl groups is 1. The molecule has 1 fully saturated rings. The van der Waals surface area contributed by atoms with Gasteiger partial charge in [-0.15, -0.1) is 0 Å². The third-order valence-electron chi connectivity index (χ3n) is 7.18. The number of aromatic hydroxyl groups is 2. The van der Waals surface area contributed by atoms with Crippen LogP contribution in [0.2, 0.25) is 0 Å². The number of nitrogens with one attached hydrogen (secondary N) is 1. The lowest BCUT2D eigenvalue weighted by molar-refractivity contribution is 0.133. The summed E-state index contributed by atoms with van der Waals surface area (Å²) in [6, 6.07) is 10.3. The van der Waals surface area contributed by atoms with E-state index in [9.17, 15) is 15.3 Å². The first-order valence-corrected chi connectivity index (χ1v) is 11.6. The maximum Gasteiger partial charge on any atom is 0.178 e. The number of phenolic OH excluding ortho intramolecular Hbond substituents is 2. The topological polar surface area (TPSA) is 102 Å². The Balaban J connectivity index is 1.70. The maximum absolute atomic E-state index is 10.8. The summed E-state index contributed by atoms with van der Waals surface area (Å²) in [5, 5.41) is 39.0. The summed E-state index contributed by atoms with van der Waals surface area (Å²) in [5.41, 5.74) is 5.71. The third-order valence-corrected chi connectivity index (χ3v) is 7.18. The minimum Gasteiger partial charge on any atom is -0.508 e. The van der Waals surface area contributed by atoms with Gasteiger partial charge in [-0.2, -0.15) is 0 Å². The van der Waals surface area contributed by atoms with Crippen LogP contribution in [0.25, 0.3) is 22.5 Å². The Morgan fingerprint density at radius 3 is 2.52 bits per heavy atom. The summed E-state index contributed by atoms with van der Waals surface area (Å²) < 4.78 is 5.76. The molecule has 3 atom stereocenters. The predicted molar refractivity (Wildman–Crippen MR) is 126 cm³/mol. The second-order valence-electron chi connectivity index (χ2n) is 9.43. The van der Waals surface area contributed by atoms with Crippen molar-refractivity contribution in [2.75, 3.05) is 13.6 Å². The van der Waals surface area contributed by atoms with E-state index in [0.717, 1.165) is 12.0 Å². The average Bonchev–Trinajstić information content (AvgIpc) is 3.45. The molecule has 7 nitrogen and oxygen atoms in total. The highest BCUT2D eigenvalue weighted by molar-refractivity contribution is 5.85. The monoisotopic (exact) mass is 449 g/mol. The first-order valence-electron chi connectivity index (χ1n) is 11.6. The van der Waals surface area contributed by atoms with Crippen molar-refractivity contribution in [3.63, 3.8) is 0 Å². The van der Waals surface area contributed by atoms with Gasteiger partial charge < -0.3 is 19.8 Å². The first kappa shape index (κ1) is 21.9. The second-order valence-corrected chi connectivity index (χ2v) is 9.43. The first-order chi connectivity index (χ1) is 15.8. The molecule has 0 amide bonds. The third kappa shape index (κ3) is 3.42. The standard InChI is InChI=1S/C26H31N3O4/c1-5-27-26(32)24-23(14-6-7-15-17(10-14)20-9-8-19(15)29(20)4)25(33-28-24)18-11-16(13(2)3)21(30)12-22(18)31/h6-7,10-13,19-20,26-27,30-32H,5,8-9H2,1-4H3. The van der Waals surface area contributed by atoms with Crippen LogP contribution in [0.5, 0.6) is 11.5 Å². The van der Waals surface area contributed by atoms with Gasteiger partial charge in [0.2, 0.25) is 0 Å². The van der Waals surface area contributed by atoms with Crippen molar-refractivity contribution in [3.8, 4) is 33.9 Å². The van der Waals surface area contributed by atoms with Gasteiger partial charge in [0.05, 0.1) is 11.1 Å². The Bertz CT molecular complexity index is 1200. The van der Waals surface area contributed by atoms with Crippen LogP contribution in [0.15, 0.2) is 34.9 Å². The molecule has 3 unspecified atom stereocenters. The molecule has 33 heavy (non-hydrogen) atoms.